The molecule has 0 aliphatic carbocycles. The number of nitriles is 1. The highest BCUT2D eigenvalue weighted by Gasteiger charge is 2.26. The second-order valence-electron chi connectivity index (χ2n) is 4.46. The molecule has 0 fully saturated rings. The largest absolute Gasteiger partial charge is 0.197 e. The molecule has 84 valence electrons. The molecule has 1 atom stereocenters. The van der Waals surface area contributed by atoms with Gasteiger partial charge in [-0.3, -0.25) is 0 Å². The van der Waals surface area contributed by atoms with Gasteiger partial charge in [-0.25, -0.2) is 0 Å². The first kappa shape index (κ1) is 11.4. The normalized spacial score (nSPS) is 13.9. The predicted octanol–water partition coefficient (Wildman–Crippen LogP) is 4.20. The summed E-state index contributed by atoms with van der Waals surface area (Å²) in [5, 5.41) is 11.8. The summed E-state index contributed by atoms with van der Waals surface area (Å²) in [6.07, 6.45) is 2.47. The zero-order valence-electron chi connectivity index (χ0n) is 9.98. The van der Waals surface area contributed by atoms with Crippen molar-refractivity contribution in [3.8, 4) is 6.07 Å². The van der Waals surface area contributed by atoms with Crippen molar-refractivity contribution in [2.24, 2.45) is 0 Å². The highest BCUT2D eigenvalue weighted by Crippen LogP contribution is 2.32. The third kappa shape index (κ3) is 1.94. The van der Waals surface area contributed by atoms with Crippen LogP contribution in [0.5, 0.6) is 0 Å². The smallest absolute Gasteiger partial charge is 0.0834 e. The Hall–Kier alpha value is -2.07. The Morgan fingerprint density at radius 3 is 2.65 bits per heavy atom. The molecule has 0 saturated heterocycles. The molecular weight excluding hydrogens is 206 g/mol. The topological polar surface area (TPSA) is 23.8 Å². The van der Waals surface area contributed by atoms with Gasteiger partial charge in [0.15, 0.2) is 0 Å². The molecule has 0 aromatic heterocycles. The minimum Gasteiger partial charge on any atom is -0.197 e. The maximum absolute atomic E-state index is 9.43. The van der Waals surface area contributed by atoms with Gasteiger partial charge in [0.1, 0.15) is 0 Å². The first-order chi connectivity index (χ1) is 8.21. The molecule has 0 bridgehead atoms. The van der Waals surface area contributed by atoms with E-state index in [4.69, 9.17) is 0 Å². The lowest BCUT2D eigenvalue weighted by Gasteiger charge is -2.22. The van der Waals surface area contributed by atoms with Gasteiger partial charge in [-0.1, -0.05) is 48.5 Å². The lowest BCUT2D eigenvalue weighted by molar-refractivity contribution is 0.627. The van der Waals surface area contributed by atoms with E-state index in [0.29, 0.717) is 6.42 Å². The van der Waals surface area contributed by atoms with E-state index in [1.54, 1.807) is 0 Å². The zero-order valence-corrected chi connectivity index (χ0v) is 9.98. The first-order valence-electron chi connectivity index (χ1n) is 5.72. The molecule has 2 aromatic rings. The summed E-state index contributed by atoms with van der Waals surface area (Å²) < 4.78 is 0. The lowest BCUT2D eigenvalue weighted by Crippen LogP contribution is -2.18. The Bertz CT molecular complexity index is 586. The van der Waals surface area contributed by atoms with Gasteiger partial charge < -0.3 is 0 Å². The predicted molar refractivity (Wildman–Crippen MR) is 71.7 cm³/mol. The van der Waals surface area contributed by atoms with Crippen LogP contribution in [0.2, 0.25) is 0 Å². The van der Waals surface area contributed by atoms with Crippen LogP contribution in [0, 0.1) is 11.3 Å². The van der Waals surface area contributed by atoms with Gasteiger partial charge in [-0.05, 0) is 29.7 Å². The summed E-state index contributed by atoms with van der Waals surface area (Å²) >= 11 is 0. The molecule has 0 radical (unpaired) electrons. The SMILES string of the molecule is C=CCC(C)(C#N)c1cccc2ccccc12. The van der Waals surface area contributed by atoms with Crippen LogP contribution in [0.1, 0.15) is 18.9 Å². The standard InChI is InChI=1S/C16H15N/c1-3-11-16(2,12-17)15-10-6-8-13-7-4-5-9-14(13)15/h3-10H,1,11H2,2H3. The molecule has 0 aliphatic rings. The third-order valence-electron chi connectivity index (χ3n) is 3.18. The summed E-state index contributed by atoms with van der Waals surface area (Å²) in [5.74, 6) is 0. The first-order valence-corrected chi connectivity index (χ1v) is 5.72. The van der Waals surface area contributed by atoms with Crippen LogP contribution in [-0.4, -0.2) is 0 Å². The van der Waals surface area contributed by atoms with E-state index in [1.165, 1.54) is 5.39 Å². The van der Waals surface area contributed by atoms with Crippen molar-refractivity contribution >= 4 is 10.8 Å². The lowest BCUT2D eigenvalue weighted by atomic mass is 9.78. The fraction of sp³-hybridized carbons (Fsp3) is 0.188. The van der Waals surface area contributed by atoms with Gasteiger partial charge in [0.05, 0.1) is 11.5 Å². The second kappa shape index (κ2) is 4.43. The molecule has 0 amide bonds. The van der Waals surface area contributed by atoms with Crippen molar-refractivity contribution in [2.75, 3.05) is 0 Å². The maximum atomic E-state index is 9.43. The average Bonchev–Trinajstić information content (AvgIpc) is 2.38. The maximum Gasteiger partial charge on any atom is 0.0834 e. The Balaban J connectivity index is 2.70. The quantitative estimate of drug-likeness (QED) is 0.713. The number of rotatable bonds is 3. The van der Waals surface area contributed by atoms with Crippen molar-refractivity contribution in [1.29, 1.82) is 5.26 Å². The van der Waals surface area contributed by atoms with Crippen LogP contribution in [0.4, 0.5) is 0 Å². The summed E-state index contributed by atoms with van der Waals surface area (Å²) in [6, 6.07) is 16.7. The number of benzene rings is 2. The molecule has 0 saturated carbocycles. The van der Waals surface area contributed by atoms with Gasteiger partial charge in [-0.2, -0.15) is 5.26 Å². The van der Waals surface area contributed by atoms with E-state index < -0.39 is 5.41 Å². The highest BCUT2D eigenvalue weighted by molar-refractivity contribution is 5.87. The van der Waals surface area contributed by atoms with E-state index in [9.17, 15) is 5.26 Å². The van der Waals surface area contributed by atoms with Gasteiger partial charge in [0.2, 0.25) is 0 Å². The van der Waals surface area contributed by atoms with Crippen LogP contribution in [0.25, 0.3) is 10.8 Å². The Morgan fingerprint density at radius 2 is 1.94 bits per heavy atom. The van der Waals surface area contributed by atoms with E-state index in [-0.39, 0.29) is 0 Å². The summed E-state index contributed by atoms with van der Waals surface area (Å²) in [5.41, 5.74) is 0.584. The molecule has 0 heterocycles. The van der Waals surface area contributed by atoms with Crippen LogP contribution in [0.15, 0.2) is 55.1 Å². The monoisotopic (exact) mass is 221 g/mol. The van der Waals surface area contributed by atoms with Crippen molar-refractivity contribution < 1.29 is 0 Å². The van der Waals surface area contributed by atoms with E-state index in [2.05, 4.69) is 30.8 Å². The summed E-state index contributed by atoms with van der Waals surface area (Å²) in [7, 11) is 0. The highest BCUT2D eigenvalue weighted by atomic mass is 14.4. The van der Waals surface area contributed by atoms with Gasteiger partial charge >= 0.3 is 0 Å². The average molecular weight is 221 g/mol. The Morgan fingerprint density at radius 1 is 1.24 bits per heavy atom. The molecule has 1 heteroatoms. The molecule has 2 aromatic carbocycles. The van der Waals surface area contributed by atoms with Crippen molar-refractivity contribution in [2.45, 2.75) is 18.8 Å². The van der Waals surface area contributed by atoms with Crippen molar-refractivity contribution in [3.63, 3.8) is 0 Å². The third-order valence-corrected chi connectivity index (χ3v) is 3.18. The summed E-state index contributed by atoms with van der Waals surface area (Å²) in [6.45, 7) is 5.72. The minimum absolute atomic E-state index is 0.497. The van der Waals surface area contributed by atoms with E-state index in [0.717, 1.165) is 10.9 Å². The summed E-state index contributed by atoms with van der Waals surface area (Å²) in [4.78, 5) is 0. The van der Waals surface area contributed by atoms with Gasteiger partial charge in [0, 0.05) is 0 Å². The molecule has 17 heavy (non-hydrogen) atoms. The Kier molecular flexibility index (Phi) is 2.97. The fourth-order valence-electron chi connectivity index (χ4n) is 2.21. The number of nitrogens with zero attached hydrogens (tertiary/aromatic N) is 1. The molecule has 2 rings (SSSR count). The Labute approximate surface area is 102 Å². The van der Waals surface area contributed by atoms with Crippen molar-refractivity contribution in [1.82, 2.24) is 0 Å². The van der Waals surface area contributed by atoms with Gasteiger partial charge in [-0.15, -0.1) is 6.58 Å². The van der Waals surface area contributed by atoms with Crippen LogP contribution >= 0.6 is 0 Å². The minimum atomic E-state index is -0.497. The fourth-order valence-corrected chi connectivity index (χ4v) is 2.21. The van der Waals surface area contributed by atoms with Gasteiger partial charge in [0.25, 0.3) is 0 Å². The number of hydrogen-bond acceptors (Lipinski definition) is 1. The van der Waals surface area contributed by atoms with E-state index >= 15 is 0 Å². The molecule has 1 unspecified atom stereocenters. The van der Waals surface area contributed by atoms with Crippen LogP contribution in [0.3, 0.4) is 0 Å². The number of allylic oxidation sites excluding steroid dienone is 1. The molecule has 0 N–H and O–H groups in total. The van der Waals surface area contributed by atoms with Crippen molar-refractivity contribution in [3.05, 3.63) is 60.7 Å². The molecule has 0 aliphatic heterocycles. The van der Waals surface area contributed by atoms with Crippen LogP contribution < -0.4 is 0 Å². The number of fused-ring (bicyclic) bond motifs is 1. The molecule has 0 spiro atoms. The zero-order chi connectivity index (χ0) is 12.3. The number of hydrogen-bond donors (Lipinski definition) is 0. The van der Waals surface area contributed by atoms with E-state index in [1.807, 2.05) is 37.3 Å². The van der Waals surface area contributed by atoms with Crippen LogP contribution in [-0.2, 0) is 5.41 Å². The second-order valence-corrected chi connectivity index (χ2v) is 4.46. The molecular formula is C16H15N. The molecule has 1 nitrogen and oxygen atoms in total.